The number of H-pyrrole nitrogens is 1. The molecule has 1 fully saturated rings. The minimum absolute atomic E-state index is 0.00580. The Morgan fingerprint density at radius 1 is 1.16 bits per heavy atom. The number of aromatic nitrogens is 4. The van der Waals surface area contributed by atoms with Crippen molar-refractivity contribution in [3.63, 3.8) is 0 Å². The predicted molar refractivity (Wildman–Crippen MR) is 163 cm³/mol. The number of aromatic hydroxyl groups is 1. The average Bonchev–Trinajstić information content (AvgIpc) is 3.72. The first-order valence-electron chi connectivity index (χ1n) is 12.6. The molecular formula is C20H26N10O10P2S2. The Labute approximate surface area is 257 Å². The maximum absolute atomic E-state index is 12.3. The number of rotatable bonds is 2. The van der Waals surface area contributed by atoms with Crippen LogP contribution in [0.2, 0.25) is 0 Å². The monoisotopic (exact) mass is 692 g/mol. The van der Waals surface area contributed by atoms with Crippen LogP contribution in [-0.2, 0) is 24.9 Å². The van der Waals surface area contributed by atoms with Gasteiger partial charge in [-0.2, -0.15) is 0 Å². The van der Waals surface area contributed by atoms with Crippen molar-refractivity contribution in [2.24, 2.45) is 5.73 Å². The molecule has 1 atom stereocenters. The Morgan fingerprint density at radius 2 is 1.98 bits per heavy atom. The van der Waals surface area contributed by atoms with E-state index < -0.39 is 38.4 Å². The Balaban J connectivity index is 1.25. The minimum atomic E-state index is -4.41. The van der Waals surface area contributed by atoms with Crippen LogP contribution in [0.5, 0.6) is 11.5 Å². The molecule has 2 bridgehead atoms. The zero-order valence-corrected chi connectivity index (χ0v) is 25.9. The molecule has 0 radical (unpaired) electrons. The zero-order chi connectivity index (χ0) is 31.0. The molecule has 4 aliphatic rings. The molecule has 1 unspecified atom stereocenters. The van der Waals surface area contributed by atoms with E-state index in [0.29, 0.717) is 18.2 Å². The van der Waals surface area contributed by atoms with Gasteiger partial charge in [-0.1, -0.05) is 0 Å². The summed E-state index contributed by atoms with van der Waals surface area (Å²) in [6, 6.07) is 0. The van der Waals surface area contributed by atoms with Crippen LogP contribution in [0.15, 0.2) is 44.8 Å². The van der Waals surface area contributed by atoms with E-state index in [0.717, 1.165) is 6.26 Å². The van der Waals surface area contributed by atoms with Crippen LogP contribution < -0.4 is 42.4 Å². The van der Waals surface area contributed by atoms with Crippen LogP contribution in [0.25, 0.3) is 17.0 Å². The Kier molecular flexibility index (Phi) is 6.86. The third-order valence-corrected chi connectivity index (χ3v) is 9.89. The Morgan fingerprint density at radius 3 is 2.80 bits per heavy atom. The summed E-state index contributed by atoms with van der Waals surface area (Å²) in [7, 11) is -8.77. The van der Waals surface area contributed by atoms with E-state index in [9.17, 15) is 19.7 Å². The van der Waals surface area contributed by atoms with Crippen LogP contribution >= 0.6 is 38.8 Å². The zero-order valence-electron chi connectivity index (χ0n) is 22.1. The van der Waals surface area contributed by atoms with E-state index in [2.05, 4.69) is 55.4 Å². The summed E-state index contributed by atoms with van der Waals surface area (Å²) in [4.78, 5) is 46.5. The summed E-state index contributed by atoms with van der Waals surface area (Å²) < 4.78 is 35.6. The number of ether oxygens (including phenoxy) is 1. The van der Waals surface area contributed by atoms with Gasteiger partial charge in [0.15, 0.2) is 0 Å². The number of thiol groups is 2. The number of nitrogens with zero attached hydrogens (tertiary/aromatic N) is 4. The fourth-order valence-electron chi connectivity index (χ4n) is 4.84. The van der Waals surface area contributed by atoms with E-state index in [4.69, 9.17) is 38.7 Å². The van der Waals surface area contributed by atoms with Crippen LogP contribution in [0.1, 0.15) is 12.2 Å². The first-order valence-corrected chi connectivity index (χ1v) is 18.7. The molecule has 7 rings (SSSR count). The number of furan rings is 1. The third kappa shape index (κ3) is 5.08. The standard InChI is InChI=1S/C20H26N10O10P2S2/c21-14-10-15(24-4-23-14)29(5-25-10)19-12(31)13-9(38-19)3-36-41(33,43)39-8-1-7(2-35-42(34,44)40-13)37-18(8)30-6-26-11-16(30)27-20(22)28-17(11)32/h2,6,15,23-25,31,33-34,41-44H,1,3-5,21H2,(H3,22,27,28,32)/b7-2+. The van der Waals surface area contributed by atoms with E-state index in [1.165, 1.54) is 10.9 Å². The third-order valence-electron chi connectivity index (χ3n) is 6.71. The van der Waals surface area contributed by atoms with E-state index in [-0.39, 0.29) is 65.0 Å². The molecule has 24 heteroatoms. The van der Waals surface area contributed by atoms with Crippen molar-refractivity contribution >= 4 is 67.7 Å². The van der Waals surface area contributed by atoms with Crippen molar-refractivity contribution in [1.29, 1.82) is 0 Å². The van der Waals surface area contributed by atoms with Gasteiger partial charge in [0.05, 0.1) is 0 Å². The Hall–Kier alpha value is -3.75. The first kappa shape index (κ1) is 29.0. The van der Waals surface area contributed by atoms with Gasteiger partial charge < -0.3 is 0 Å². The predicted octanol–water partition coefficient (Wildman–Crippen LogP) is -0.334. The van der Waals surface area contributed by atoms with Crippen LogP contribution in [0.3, 0.4) is 0 Å². The van der Waals surface area contributed by atoms with Gasteiger partial charge in [-0.05, 0) is 0 Å². The fourth-order valence-corrected chi connectivity index (χ4v) is 7.46. The van der Waals surface area contributed by atoms with Crippen molar-refractivity contribution < 1.29 is 42.1 Å². The van der Waals surface area contributed by atoms with Gasteiger partial charge in [0.1, 0.15) is 0 Å². The molecule has 3 aromatic rings. The molecular weight excluding hydrogens is 666 g/mol. The van der Waals surface area contributed by atoms with Crippen molar-refractivity contribution in [1.82, 2.24) is 35.5 Å². The number of fused-ring (bicyclic) bond motifs is 5. The van der Waals surface area contributed by atoms with Gasteiger partial charge in [0.25, 0.3) is 0 Å². The van der Waals surface area contributed by atoms with Crippen LogP contribution in [-0.4, -0.2) is 53.9 Å². The maximum atomic E-state index is 12.3. The first-order chi connectivity index (χ1) is 20.9. The number of nitrogens with one attached hydrogen (secondary N) is 4. The number of hydrogen-bond donors (Lipinski definition) is 11. The van der Waals surface area contributed by atoms with Gasteiger partial charge in [-0.3, -0.25) is 0 Å². The second kappa shape index (κ2) is 10.4. The van der Waals surface area contributed by atoms with Crippen molar-refractivity contribution in [3.8, 4) is 11.5 Å². The number of hydrogen-bond acceptors (Lipinski definition) is 20. The molecule has 4 aliphatic heterocycles. The molecule has 0 aromatic carbocycles. The number of imidazole rings is 1. The van der Waals surface area contributed by atoms with E-state index in [1.54, 1.807) is 4.90 Å². The summed E-state index contributed by atoms with van der Waals surface area (Å²) in [5.41, 5.74) is 11.8. The average molecular weight is 693 g/mol. The second-order valence-corrected chi connectivity index (χ2v) is 16.2. The molecule has 3 aromatic heterocycles. The molecule has 0 amide bonds. The molecule has 7 heterocycles. The summed E-state index contributed by atoms with van der Waals surface area (Å²) in [5, 5.41) is 20.4. The second-order valence-electron chi connectivity index (χ2n) is 9.64. The summed E-state index contributed by atoms with van der Waals surface area (Å²) in [6.45, 7) is -0.0151. The summed E-state index contributed by atoms with van der Waals surface area (Å²) >= 11 is 8.41. The molecule has 0 saturated carbocycles. The van der Waals surface area contributed by atoms with Gasteiger partial charge in [-0.15, -0.1) is 0 Å². The van der Waals surface area contributed by atoms with Crippen molar-refractivity contribution in [2.45, 2.75) is 19.2 Å². The van der Waals surface area contributed by atoms with E-state index in [1.807, 2.05) is 0 Å². The number of nitrogen functional groups attached to an aromatic ring is 1. The van der Waals surface area contributed by atoms with Gasteiger partial charge >= 0.3 is 257 Å². The normalized spacial score (nSPS) is 25.2. The number of aromatic amines is 1. The Bertz CT molecular complexity index is 1840. The van der Waals surface area contributed by atoms with Gasteiger partial charge in [-0.25, -0.2) is 0 Å². The van der Waals surface area contributed by atoms with Crippen molar-refractivity contribution in [3.05, 3.63) is 51.7 Å². The molecule has 11 N–H and O–H groups in total. The van der Waals surface area contributed by atoms with Gasteiger partial charge in [0.2, 0.25) is 0 Å². The summed E-state index contributed by atoms with van der Waals surface area (Å²) in [5.74, 6) is -0.828. The van der Waals surface area contributed by atoms with Crippen LogP contribution in [0.4, 0.5) is 11.8 Å². The molecule has 1 saturated heterocycles. The van der Waals surface area contributed by atoms with Crippen molar-refractivity contribution in [2.75, 3.05) is 24.0 Å². The summed E-state index contributed by atoms with van der Waals surface area (Å²) in [6.07, 6.45) is 1.64. The molecule has 0 spiro atoms. The quantitative estimate of drug-likeness (QED) is 0.121. The molecule has 0 aliphatic carbocycles. The number of nitrogens with two attached hydrogens (primary N) is 2. The molecule has 238 valence electrons. The van der Waals surface area contributed by atoms with Gasteiger partial charge in [0, 0.05) is 0 Å². The fraction of sp³-hybridized carbons (Fsp3) is 0.250. The van der Waals surface area contributed by atoms with Crippen LogP contribution in [0, 0.1) is 0 Å². The molecule has 44 heavy (non-hydrogen) atoms. The number of anilines is 2. The SMILES string of the molecule is NC1=C2NCN(c3oc4c(c3O)O[PH](O)(S)O/C=C3\CC(=C(n5cnc6c(=O)[nH]c(N)nc65)O3)O[PH](O)(S)OC4)C2NCN1. The van der Waals surface area contributed by atoms with E-state index >= 15 is 0 Å². The molecule has 20 nitrogen and oxygen atoms in total. The topological polar surface area (TPSA) is 275 Å².